The molecule has 0 aliphatic carbocycles. The molecule has 0 saturated carbocycles. The number of amides is 2. The molecule has 2 N–H and O–H groups in total. The molecule has 7 nitrogen and oxygen atoms in total. The summed E-state index contributed by atoms with van der Waals surface area (Å²) in [5.41, 5.74) is 0.890. The van der Waals surface area contributed by atoms with Crippen LogP contribution in [0.25, 0.3) is 0 Å². The Kier molecular flexibility index (Phi) is 7.88. The van der Waals surface area contributed by atoms with Gasteiger partial charge in [-0.25, -0.2) is 17.1 Å². The van der Waals surface area contributed by atoms with E-state index in [1.54, 1.807) is 19.9 Å². The van der Waals surface area contributed by atoms with Gasteiger partial charge in [0.2, 0.25) is 10.0 Å². The van der Waals surface area contributed by atoms with Crippen LogP contribution >= 0.6 is 11.3 Å². The number of aryl methyl sites for hydroxylation is 1. The van der Waals surface area contributed by atoms with Crippen LogP contribution in [0.3, 0.4) is 0 Å². The molecule has 2 rings (SSSR count). The Morgan fingerprint density at radius 3 is 2.59 bits per heavy atom. The molecule has 29 heavy (non-hydrogen) atoms. The van der Waals surface area contributed by atoms with E-state index in [0.717, 1.165) is 17.4 Å². The van der Waals surface area contributed by atoms with Crippen molar-refractivity contribution in [1.29, 1.82) is 0 Å². The highest BCUT2D eigenvalue weighted by atomic mass is 32.2. The third-order valence-electron chi connectivity index (χ3n) is 4.22. The van der Waals surface area contributed by atoms with Crippen molar-refractivity contribution in [3.63, 3.8) is 0 Å². The average Bonchev–Trinajstić information content (AvgIpc) is 3.04. The Morgan fingerprint density at radius 2 is 1.93 bits per heavy atom. The largest absolute Gasteiger partial charge is 0.351 e. The molecule has 10 heteroatoms. The predicted molar refractivity (Wildman–Crippen MR) is 112 cm³/mol. The molecule has 2 aromatic rings. The van der Waals surface area contributed by atoms with Crippen molar-refractivity contribution >= 4 is 38.2 Å². The first kappa shape index (κ1) is 23.0. The molecule has 0 fully saturated rings. The van der Waals surface area contributed by atoms with Gasteiger partial charge in [-0.15, -0.1) is 11.3 Å². The van der Waals surface area contributed by atoms with Gasteiger partial charge in [-0.1, -0.05) is 6.07 Å². The fourth-order valence-electron chi connectivity index (χ4n) is 2.53. The highest BCUT2D eigenvalue weighted by Crippen LogP contribution is 2.27. The van der Waals surface area contributed by atoms with Crippen LogP contribution in [0.2, 0.25) is 0 Å². The molecule has 0 aliphatic rings. The third-order valence-corrected chi connectivity index (χ3v) is 7.24. The molecule has 1 heterocycles. The van der Waals surface area contributed by atoms with Gasteiger partial charge >= 0.3 is 0 Å². The number of carbonyl (C=O) groups excluding carboxylic acids is 2. The van der Waals surface area contributed by atoms with Gasteiger partial charge in [0.15, 0.2) is 0 Å². The van der Waals surface area contributed by atoms with Gasteiger partial charge in [0.05, 0.1) is 15.6 Å². The van der Waals surface area contributed by atoms with E-state index in [1.807, 2.05) is 0 Å². The van der Waals surface area contributed by atoms with E-state index in [0.29, 0.717) is 35.0 Å². The Morgan fingerprint density at radius 1 is 1.21 bits per heavy atom. The molecule has 1 aromatic carbocycles. The third kappa shape index (κ3) is 6.34. The summed E-state index contributed by atoms with van der Waals surface area (Å²) in [7, 11) is -1.72. The molecule has 0 bridgehead atoms. The van der Waals surface area contributed by atoms with E-state index >= 15 is 0 Å². The first-order valence-electron chi connectivity index (χ1n) is 9.03. The summed E-state index contributed by atoms with van der Waals surface area (Å²) in [4.78, 5) is 25.0. The zero-order chi connectivity index (χ0) is 21.6. The monoisotopic (exact) mass is 441 g/mol. The van der Waals surface area contributed by atoms with Crippen LogP contribution < -0.4 is 10.6 Å². The number of benzene rings is 1. The predicted octanol–water partition coefficient (Wildman–Crippen LogP) is 2.85. The van der Waals surface area contributed by atoms with E-state index in [2.05, 4.69) is 10.6 Å². The van der Waals surface area contributed by atoms with E-state index < -0.39 is 21.7 Å². The summed E-state index contributed by atoms with van der Waals surface area (Å²) < 4.78 is 37.9. The number of thiophene rings is 1. The Balaban J connectivity index is 1.90. The molecule has 1 aromatic heterocycles. The molecular weight excluding hydrogens is 417 g/mol. The van der Waals surface area contributed by atoms with Crippen molar-refractivity contribution in [1.82, 2.24) is 9.62 Å². The Bertz CT molecular complexity index is 989. The van der Waals surface area contributed by atoms with Crippen LogP contribution in [0.1, 0.15) is 38.9 Å². The number of rotatable bonds is 9. The summed E-state index contributed by atoms with van der Waals surface area (Å²) in [6.45, 7) is 3.97. The van der Waals surface area contributed by atoms with Crippen molar-refractivity contribution in [2.24, 2.45) is 0 Å². The van der Waals surface area contributed by atoms with Crippen molar-refractivity contribution in [2.45, 2.75) is 20.3 Å². The quantitative estimate of drug-likeness (QED) is 0.585. The maximum Gasteiger partial charge on any atom is 0.261 e. The minimum Gasteiger partial charge on any atom is -0.351 e. The lowest BCUT2D eigenvalue weighted by Gasteiger charge is -2.15. The molecule has 0 aliphatic heterocycles. The zero-order valence-electron chi connectivity index (χ0n) is 16.5. The Hall–Kier alpha value is -2.30. The highest BCUT2D eigenvalue weighted by Gasteiger charge is 2.17. The van der Waals surface area contributed by atoms with E-state index in [-0.39, 0.29) is 17.2 Å². The van der Waals surface area contributed by atoms with E-state index in [1.165, 1.54) is 29.6 Å². The molecule has 0 radical (unpaired) electrons. The van der Waals surface area contributed by atoms with Crippen molar-refractivity contribution in [3.8, 4) is 0 Å². The number of carbonyl (C=O) groups is 2. The number of sulfonamides is 1. The van der Waals surface area contributed by atoms with Crippen LogP contribution in [0.5, 0.6) is 0 Å². The molecule has 0 saturated heterocycles. The summed E-state index contributed by atoms with van der Waals surface area (Å²) in [6, 6.07) is 7.02. The van der Waals surface area contributed by atoms with Crippen molar-refractivity contribution in [2.75, 3.05) is 31.2 Å². The number of anilines is 1. The highest BCUT2D eigenvalue weighted by molar-refractivity contribution is 7.89. The van der Waals surface area contributed by atoms with Gasteiger partial charge in [-0.2, -0.15) is 0 Å². The smallest absolute Gasteiger partial charge is 0.261 e. The minimum absolute atomic E-state index is 0.0361. The van der Waals surface area contributed by atoms with Crippen molar-refractivity contribution < 1.29 is 22.4 Å². The summed E-state index contributed by atoms with van der Waals surface area (Å²) >= 11 is 1.12. The standard InChI is InChI=1S/C19H24FN3O4S2/c1-4-29(26,27)23(3)10-6-9-21-19(25)17-13(2)11-16(28-17)22-18(24)14-7-5-8-15(20)12-14/h5,7-8,11-12H,4,6,9-10H2,1-3H3,(H,21,25)(H,22,24). The fourth-order valence-corrected chi connectivity index (χ4v) is 4.36. The van der Waals surface area contributed by atoms with Gasteiger partial charge in [-0.05, 0) is 50.1 Å². The molecule has 2 amide bonds. The number of nitrogens with one attached hydrogen (secondary N) is 2. The lowest BCUT2D eigenvalue weighted by molar-refractivity contribution is 0.0955. The minimum atomic E-state index is -3.23. The van der Waals surface area contributed by atoms with Gasteiger partial charge in [0, 0.05) is 25.7 Å². The second-order valence-electron chi connectivity index (χ2n) is 6.42. The normalized spacial score (nSPS) is 11.5. The van der Waals surface area contributed by atoms with Crippen LogP contribution in [0.4, 0.5) is 9.39 Å². The summed E-state index contributed by atoms with van der Waals surface area (Å²) in [5, 5.41) is 5.91. The first-order valence-corrected chi connectivity index (χ1v) is 11.5. The number of hydrogen-bond donors (Lipinski definition) is 2. The molecule has 0 spiro atoms. The van der Waals surface area contributed by atoms with Crippen LogP contribution in [-0.2, 0) is 10.0 Å². The van der Waals surface area contributed by atoms with Gasteiger partial charge in [-0.3, -0.25) is 9.59 Å². The van der Waals surface area contributed by atoms with E-state index in [4.69, 9.17) is 0 Å². The van der Waals surface area contributed by atoms with Gasteiger partial charge in [0.25, 0.3) is 11.8 Å². The average molecular weight is 442 g/mol. The lowest BCUT2D eigenvalue weighted by Crippen LogP contribution is -2.32. The topological polar surface area (TPSA) is 95.6 Å². The second-order valence-corrected chi connectivity index (χ2v) is 9.84. The summed E-state index contributed by atoms with van der Waals surface area (Å²) in [6.07, 6.45) is 0.481. The maximum absolute atomic E-state index is 13.3. The maximum atomic E-state index is 13.3. The zero-order valence-corrected chi connectivity index (χ0v) is 18.1. The lowest BCUT2D eigenvalue weighted by atomic mass is 10.2. The van der Waals surface area contributed by atoms with Crippen LogP contribution in [0, 0.1) is 12.7 Å². The van der Waals surface area contributed by atoms with Crippen LogP contribution in [0.15, 0.2) is 30.3 Å². The molecule has 0 atom stereocenters. The fraction of sp³-hybridized carbons (Fsp3) is 0.368. The van der Waals surface area contributed by atoms with Gasteiger partial charge < -0.3 is 10.6 Å². The SMILES string of the molecule is CCS(=O)(=O)N(C)CCCNC(=O)c1sc(NC(=O)c2cccc(F)c2)cc1C. The molecule has 158 valence electrons. The van der Waals surface area contributed by atoms with Crippen LogP contribution in [-0.4, -0.2) is 50.4 Å². The number of nitrogens with zero attached hydrogens (tertiary/aromatic N) is 1. The van der Waals surface area contributed by atoms with E-state index in [9.17, 15) is 22.4 Å². The number of halogens is 1. The van der Waals surface area contributed by atoms with Gasteiger partial charge in [0.1, 0.15) is 5.82 Å². The van der Waals surface area contributed by atoms with Crippen molar-refractivity contribution in [3.05, 3.63) is 52.2 Å². The molecule has 0 unspecified atom stereocenters. The summed E-state index contributed by atoms with van der Waals surface area (Å²) in [5.74, 6) is -1.22. The Labute approximate surface area is 174 Å². The molecular formula is C19H24FN3O4S2. The second kappa shape index (κ2) is 9.95. The first-order chi connectivity index (χ1) is 13.6. The number of hydrogen-bond acceptors (Lipinski definition) is 5.